The van der Waals surface area contributed by atoms with E-state index in [9.17, 15) is 9.18 Å². The quantitative estimate of drug-likeness (QED) is 0.673. The van der Waals surface area contributed by atoms with E-state index < -0.39 is 0 Å². The maximum Gasteiger partial charge on any atom is 0.270 e. The number of ether oxygens (including phenoxy) is 2. The van der Waals surface area contributed by atoms with Crippen LogP contribution in [-0.4, -0.2) is 36.5 Å². The molecule has 28 heavy (non-hydrogen) atoms. The number of halogens is 1. The highest BCUT2D eigenvalue weighted by atomic mass is 19.1. The van der Waals surface area contributed by atoms with Gasteiger partial charge in [0.1, 0.15) is 23.0 Å². The molecule has 0 bridgehead atoms. The molecule has 0 atom stereocenters. The zero-order valence-electron chi connectivity index (χ0n) is 16.0. The van der Waals surface area contributed by atoms with Gasteiger partial charge in [0.25, 0.3) is 5.91 Å². The monoisotopic (exact) mass is 383 g/mol. The lowest BCUT2D eigenvalue weighted by molar-refractivity contribution is 0.0946. The Morgan fingerprint density at radius 1 is 1.11 bits per heavy atom. The number of carbonyl (C=O) groups is 1. The van der Waals surface area contributed by atoms with Crippen molar-refractivity contribution in [3.8, 4) is 28.4 Å². The van der Waals surface area contributed by atoms with Crippen LogP contribution < -0.4 is 14.8 Å². The number of aromatic nitrogens is 2. The third-order valence-corrected chi connectivity index (χ3v) is 4.23. The van der Waals surface area contributed by atoms with Crippen LogP contribution in [0.1, 0.15) is 23.8 Å². The molecule has 0 spiro atoms. The standard InChI is InChI=1S/C21H22FN3O3/c1-4-11-23-21(26)19-13-18(17-10-9-16(27-2)12-20(17)28-3)24-25(19)15-7-5-14(22)6-8-15/h5-10,12-13H,4,11H2,1-3H3,(H,23,26). The smallest absolute Gasteiger partial charge is 0.270 e. The van der Waals surface area contributed by atoms with Gasteiger partial charge in [-0.05, 0) is 48.9 Å². The molecule has 3 rings (SSSR count). The fraction of sp³-hybridized carbons (Fsp3) is 0.238. The van der Waals surface area contributed by atoms with Crippen LogP contribution in [0.25, 0.3) is 16.9 Å². The van der Waals surface area contributed by atoms with Crippen LogP contribution in [0.15, 0.2) is 48.5 Å². The van der Waals surface area contributed by atoms with E-state index in [0.717, 1.165) is 6.42 Å². The van der Waals surface area contributed by atoms with Crippen LogP contribution in [0.2, 0.25) is 0 Å². The SMILES string of the molecule is CCCNC(=O)c1cc(-c2ccc(OC)cc2OC)nn1-c1ccc(F)cc1. The van der Waals surface area contributed by atoms with Crippen LogP contribution in [0.4, 0.5) is 4.39 Å². The zero-order valence-corrected chi connectivity index (χ0v) is 16.0. The van der Waals surface area contributed by atoms with Gasteiger partial charge in [0.2, 0.25) is 0 Å². The number of nitrogens with one attached hydrogen (secondary N) is 1. The van der Waals surface area contributed by atoms with E-state index in [2.05, 4.69) is 10.4 Å². The minimum atomic E-state index is -0.357. The van der Waals surface area contributed by atoms with Gasteiger partial charge in [-0.2, -0.15) is 5.10 Å². The largest absolute Gasteiger partial charge is 0.497 e. The van der Waals surface area contributed by atoms with E-state index in [4.69, 9.17) is 9.47 Å². The highest BCUT2D eigenvalue weighted by Crippen LogP contribution is 2.33. The van der Waals surface area contributed by atoms with Crippen molar-refractivity contribution >= 4 is 5.91 Å². The maximum atomic E-state index is 13.3. The number of amides is 1. The van der Waals surface area contributed by atoms with Gasteiger partial charge in [-0.1, -0.05) is 6.92 Å². The summed E-state index contributed by atoms with van der Waals surface area (Å²) in [5.41, 5.74) is 2.22. The van der Waals surface area contributed by atoms with Gasteiger partial charge in [0.15, 0.2) is 0 Å². The van der Waals surface area contributed by atoms with E-state index in [1.54, 1.807) is 44.6 Å². The Balaban J connectivity index is 2.11. The van der Waals surface area contributed by atoms with Gasteiger partial charge in [0.05, 0.1) is 25.6 Å². The first-order chi connectivity index (χ1) is 13.6. The van der Waals surface area contributed by atoms with E-state index in [-0.39, 0.29) is 11.7 Å². The first kappa shape index (κ1) is 19.4. The molecule has 0 saturated carbocycles. The van der Waals surface area contributed by atoms with Crippen molar-refractivity contribution in [1.82, 2.24) is 15.1 Å². The van der Waals surface area contributed by atoms with Gasteiger partial charge >= 0.3 is 0 Å². The number of methoxy groups -OCH3 is 2. The Labute approximate surface area is 162 Å². The molecule has 0 aliphatic rings. The number of carbonyl (C=O) groups excluding carboxylic acids is 1. The molecular weight excluding hydrogens is 361 g/mol. The summed E-state index contributed by atoms with van der Waals surface area (Å²) in [6.45, 7) is 2.53. The predicted molar refractivity (Wildman–Crippen MR) is 105 cm³/mol. The van der Waals surface area contributed by atoms with Gasteiger partial charge < -0.3 is 14.8 Å². The number of hydrogen-bond donors (Lipinski definition) is 1. The van der Waals surface area contributed by atoms with Gasteiger partial charge in [-0.15, -0.1) is 0 Å². The molecule has 0 aliphatic carbocycles. The summed E-state index contributed by atoms with van der Waals surface area (Å²) in [6.07, 6.45) is 0.815. The fourth-order valence-electron chi connectivity index (χ4n) is 2.79. The molecular formula is C21H22FN3O3. The fourth-order valence-corrected chi connectivity index (χ4v) is 2.79. The van der Waals surface area contributed by atoms with Crippen LogP contribution in [0.5, 0.6) is 11.5 Å². The van der Waals surface area contributed by atoms with E-state index >= 15 is 0 Å². The van der Waals surface area contributed by atoms with E-state index in [0.29, 0.717) is 40.7 Å². The third kappa shape index (κ3) is 3.98. The van der Waals surface area contributed by atoms with Crippen LogP contribution in [0.3, 0.4) is 0 Å². The molecule has 3 aromatic rings. The second kappa shape index (κ2) is 8.56. The molecule has 0 unspecified atom stereocenters. The Morgan fingerprint density at radius 2 is 1.86 bits per heavy atom. The lowest BCUT2D eigenvalue weighted by Crippen LogP contribution is -2.26. The first-order valence-corrected chi connectivity index (χ1v) is 8.94. The summed E-state index contributed by atoms with van der Waals surface area (Å²) in [7, 11) is 3.14. The minimum absolute atomic E-state index is 0.252. The van der Waals surface area contributed by atoms with Crippen molar-refractivity contribution < 1.29 is 18.7 Å². The average Bonchev–Trinajstić information content (AvgIpc) is 3.17. The van der Waals surface area contributed by atoms with Crippen LogP contribution >= 0.6 is 0 Å². The maximum absolute atomic E-state index is 13.3. The van der Waals surface area contributed by atoms with Gasteiger partial charge in [-0.25, -0.2) is 9.07 Å². The molecule has 1 aromatic heterocycles. The van der Waals surface area contributed by atoms with Crippen molar-refractivity contribution in [2.45, 2.75) is 13.3 Å². The summed E-state index contributed by atoms with van der Waals surface area (Å²) in [6, 6.07) is 12.9. The predicted octanol–water partition coefficient (Wildman–Crippen LogP) is 3.84. The second-order valence-corrected chi connectivity index (χ2v) is 6.13. The Bertz CT molecular complexity index is 968. The topological polar surface area (TPSA) is 65.4 Å². The molecule has 6 nitrogen and oxygen atoms in total. The van der Waals surface area contributed by atoms with Crippen molar-refractivity contribution in [2.24, 2.45) is 0 Å². The zero-order chi connectivity index (χ0) is 20.1. The highest BCUT2D eigenvalue weighted by molar-refractivity contribution is 5.94. The second-order valence-electron chi connectivity index (χ2n) is 6.13. The average molecular weight is 383 g/mol. The summed E-state index contributed by atoms with van der Waals surface area (Å²) < 4.78 is 25.5. The minimum Gasteiger partial charge on any atom is -0.497 e. The summed E-state index contributed by atoms with van der Waals surface area (Å²) in [4.78, 5) is 12.7. The van der Waals surface area contributed by atoms with E-state index in [1.807, 2.05) is 13.0 Å². The third-order valence-electron chi connectivity index (χ3n) is 4.23. The van der Waals surface area contributed by atoms with Crippen LogP contribution in [-0.2, 0) is 0 Å². The van der Waals surface area contributed by atoms with Crippen LogP contribution in [0, 0.1) is 5.82 Å². The molecule has 2 aromatic carbocycles. The summed E-state index contributed by atoms with van der Waals surface area (Å²) in [5.74, 6) is 0.616. The molecule has 1 amide bonds. The van der Waals surface area contributed by atoms with Crippen molar-refractivity contribution in [3.05, 3.63) is 60.0 Å². The highest BCUT2D eigenvalue weighted by Gasteiger charge is 2.19. The van der Waals surface area contributed by atoms with Crippen molar-refractivity contribution in [1.29, 1.82) is 0 Å². The van der Waals surface area contributed by atoms with Crippen molar-refractivity contribution in [3.63, 3.8) is 0 Å². The Kier molecular flexibility index (Phi) is 5.93. The molecule has 0 saturated heterocycles. The molecule has 0 aliphatic heterocycles. The van der Waals surface area contributed by atoms with Gasteiger partial charge in [-0.3, -0.25) is 4.79 Å². The molecule has 146 valence electrons. The lowest BCUT2D eigenvalue weighted by Gasteiger charge is -2.08. The lowest BCUT2D eigenvalue weighted by atomic mass is 10.1. The number of hydrogen-bond acceptors (Lipinski definition) is 4. The number of rotatable bonds is 7. The number of benzene rings is 2. The molecule has 0 fully saturated rings. The van der Waals surface area contributed by atoms with Crippen molar-refractivity contribution in [2.75, 3.05) is 20.8 Å². The van der Waals surface area contributed by atoms with E-state index in [1.165, 1.54) is 16.8 Å². The normalized spacial score (nSPS) is 10.6. The Hall–Kier alpha value is -3.35. The van der Waals surface area contributed by atoms with Gasteiger partial charge in [0, 0.05) is 18.2 Å². The molecule has 1 N–H and O–H groups in total. The molecule has 1 heterocycles. The number of nitrogens with zero attached hydrogens (tertiary/aromatic N) is 2. The Morgan fingerprint density at radius 3 is 2.50 bits per heavy atom. The summed E-state index contributed by atoms with van der Waals surface area (Å²) in [5, 5.41) is 7.44. The first-order valence-electron chi connectivity index (χ1n) is 8.94. The molecule has 0 radical (unpaired) electrons. The summed E-state index contributed by atoms with van der Waals surface area (Å²) >= 11 is 0. The molecule has 7 heteroatoms.